The first kappa shape index (κ1) is 18.2. The molecule has 0 atom stereocenters. The monoisotopic (exact) mass is 356 g/mol. The van der Waals surface area contributed by atoms with Crippen molar-refractivity contribution in [3.05, 3.63) is 28.5 Å². The topological polar surface area (TPSA) is 60.4 Å². The Labute approximate surface area is 132 Å². The Bertz CT molecular complexity index is 617. The fourth-order valence-corrected chi connectivity index (χ4v) is 2.78. The van der Waals surface area contributed by atoms with Gasteiger partial charge in [-0.15, -0.1) is 0 Å². The van der Waals surface area contributed by atoms with E-state index in [1.165, 1.54) is 0 Å². The second-order valence-electron chi connectivity index (χ2n) is 4.40. The van der Waals surface area contributed by atoms with Gasteiger partial charge in [-0.3, -0.25) is 0 Å². The molecule has 0 spiro atoms. The molecule has 118 valence electrons. The number of rotatable bonds is 7. The number of benzene rings is 1. The summed E-state index contributed by atoms with van der Waals surface area (Å²) in [6, 6.07) is 1.51. The van der Waals surface area contributed by atoms with Gasteiger partial charge in [-0.05, 0) is 18.6 Å². The molecule has 0 radical (unpaired) electrons. The van der Waals surface area contributed by atoms with E-state index in [0.29, 0.717) is 6.42 Å². The normalized spacial score (nSPS) is 11.4. The first-order valence-corrected chi connectivity index (χ1v) is 9.07. The van der Waals surface area contributed by atoms with E-state index in [1.54, 1.807) is 0 Å². The second-order valence-corrected chi connectivity index (χ2v) is 7.34. The average Bonchev–Trinajstić information content (AvgIpc) is 2.36. The van der Waals surface area contributed by atoms with Gasteiger partial charge in [0.05, 0.1) is 17.2 Å². The van der Waals surface area contributed by atoms with Crippen LogP contribution in [0.1, 0.15) is 43.0 Å². The molecule has 0 aliphatic rings. The molecule has 1 aromatic rings. The van der Waals surface area contributed by atoms with Gasteiger partial charge < -0.3 is 4.74 Å². The molecular weight excluding hydrogens is 342 g/mol. The molecule has 0 fully saturated rings. The molecule has 21 heavy (non-hydrogen) atoms. The third-order valence-electron chi connectivity index (χ3n) is 2.74. The number of carbonyl (C=O) groups excluding carboxylic acids is 1. The van der Waals surface area contributed by atoms with Gasteiger partial charge >= 0.3 is 5.97 Å². The Balaban J connectivity index is 2.85. The summed E-state index contributed by atoms with van der Waals surface area (Å²) in [6.45, 7) is 2.24. The van der Waals surface area contributed by atoms with Gasteiger partial charge in [-0.2, -0.15) is 0 Å². The molecule has 0 saturated heterocycles. The molecule has 0 heterocycles. The Morgan fingerprint density at radius 2 is 1.95 bits per heavy atom. The van der Waals surface area contributed by atoms with Gasteiger partial charge in [-0.1, -0.05) is 37.8 Å². The first-order valence-electron chi connectivity index (χ1n) is 6.38. The smallest absolute Gasteiger partial charge is 0.339 e. The standard InChI is InChI=1S/C13H15Cl2FO4S/c1-2-3-4-5-6-20-13(17)9-7-12(21(15,18)19)11(16)8-10(9)14/h7-8H,2-6H2,1H3. The Morgan fingerprint density at radius 3 is 2.52 bits per heavy atom. The maximum absolute atomic E-state index is 13.5. The maximum atomic E-state index is 13.5. The van der Waals surface area contributed by atoms with Crippen molar-refractivity contribution in [3.63, 3.8) is 0 Å². The Hall–Kier alpha value is -0.850. The van der Waals surface area contributed by atoms with E-state index in [1.807, 2.05) is 0 Å². The van der Waals surface area contributed by atoms with Crippen LogP contribution in [-0.4, -0.2) is 21.0 Å². The van der Waals surface area contributed by atoms with E-state index in [9.17, 15) is 17.6 Å². The fraction of sp³-hybridized carbons (Fsp3) is 0.462. The van der Waals surface area contributed by atoms with Crippen LogP contribution in [0.3, 0.4) is 0 Å². The SMILES string of the molecule is CCCCCCOC(=O)c1cc(S(=O)(=O)Cl)c(F)cc1Cl. The highest BCUT2D eigenvalue weighted by atomic mass is 35.7. The van der Waals surface area contributed by atoms with Gasteiger partial charge in [0, 0.05) is 10.7 Å². The van der Waals surface area contributed by atoms with Crippen LogP contribution in [0.25, 0.3) is 0 Å². The molecule has 0 aliphatic heterocycles. The summed E-state index contributed by atoms with van der Waals surface area (Å²) in [6.07, 6.45) is 3.69. The summed E-state index contributed by atoms with van der Waals surface area (Å²) in [7, 11) is 0.783. The minimum atomic E-state index is -4.31. The number of carbonyl (C=O) groups is 1. The average molecular weight is 357 g/mol. The molecular formula is C13H15Cl2FO4S. The third kappa shape index (κ3) is 5.45. The van der Waals surface area contributed by atoms with Crippen molar-refractivity contribution in [2.45, 2.75) is 37.5 Å². The number of hydrogen-bond donors (Lipinski definition) is 0. The third-order valence-corrected chi connectivity index (χ3v) is 4.38. The first-order chi connectivity index (χ1) is 9.77. The lowest BCUT2D eigenvalue weighted by Gasteiger charge is -2.08. The highest BCUT2D eigenvalue weighted by molar-refractivity contribution is 8.13. The van der Waals surface area contributed by atoms with Crippen molar-refractivity contribution in [1.82, 2.24) is 0 Å². The summed E-state index contributed by atoms with van der Waals surface area (Å²) < 4.78 is 40.9. The number of halogens is 3. The summed E-state index contributed by atoms with van der Waals surface area (Å²) >= 11 is 5.73. The predicted molar refractivity (Wildman–Crippen MR) is 78.9 cm³/mol. The molecule has 0 saturated carbocycles. The molecule has 0 N–H and O–H groups in total. The zero-order chi connectivity index (χ0) is 16.0. The molecule has 0 unspecified atom stereocenters. The molecule has 0 aromatic heterocycles. The highest BCUT2D eigenvalue weighted by Gasteiger charge is 2.22. The zero-order valence-corrected chi connectivity index (χ0v) is 13.7. The molecule has 8 heteroatoms. The van der Waals surface area contributed by atoms with Crippen LogP contribution >= 0.6 is 22.3 Å². The van der Waals surface area contributed by atoms with Crippen LogP contribution < -0.4 is 0 Å². The predicted octanol–water partition coefficient (Wildman–Crippen LogP) is 4.14. The molecule has 0 bridgehead atoms. The largest absolute Gasteiger partial charge is 0.462 e. The molecule has 0 aliphatic carbocycles. The molecule has 4 nitrogen and oxygen atoms in total. The Kier molecular flexibility index (Phi) is 6.90. The second kappa shape index (κ2) is 7.96. The fourth-order valence-electron chi connectivity index (χ4n) is 1.64. The van der Waals surface area contributed by atoms with Crippen LogP contribution in [0.2, 0.25) is 5.02 Å². The van der Waals surface area contributed by atoms with Crippen molar-refractivity contribution >= 4 is 37.3 Å². The summed E-state index contributed by atoms with van der Waals surface area (Å²) in [5.74, 6) is -1.92. The van der Waals surface area contributed by atoms with Crippen molar-refractivity contribution in [2.24, 2.45) is 0 Å². The van der Waals surface area contributed by atoms with Gasteiger partial charge in [0.25, 0.3) is 9.05 Å². The lowest BCUT2D eigenvalue weighted by molar-refractivity contribution is 0.0497. The van der Waals surface area contributed by atoms with Gasteiger partial charge in [0.1, 0.15) is 10.7 Å². The Morgan fingerprint density at radius 1 is 1.29 bits per heavy atom. The van der Waals surface area contributed by atoms with Crippen LogP contribution in [0.5, 0.6) is 0 Å². The summed E-state index contributed by atoms with van der Waals surface area (Å²) in [5, 5.41) is -0.227. The summed E-state index contributed by atoms with van der Waals surface area (Å²) in [5.41, 5.74) is -0.229. The van der Waals surface area contributed by atoms with E-state index in [-0.39, 0.29) is 17.2 Å². The van der Waals surface area contributed by atoms with Gasteiger partial charge in [-0.25, -0.2) is 17.6 Å². The van der Waals surface area contributed by atoms with E-state index >= 15 is 0 Å². The molecule has 1 rings (SSSR count). The van der Waals surface area contributed by atoms with Crippen molar-refractivity contribution in [2.75, 3.05) is 6.61 Å². The molecule has 0 amide bonds. The summed E-state index contributed by atoms with van der Waals surface area (Å²) in [4.78, 5) is 11.0. The van der Waals surface area contributed by atoms with Gasteiger partial charge in [0.15, 0.2) is 0 Å². The van der Waals surface area contributed by atoms with Crippen molar-refractivity contribution in [1.29, 1.82) is 0 Å². The lowest BCUT2D eigenvalue weighted by Crippen LogP contribution is -2.09. The molecule has 1 aromatic carbocycles. The number of esters is 1. The van der Waals surface area contributed by atoms with Crippen LogP contribution in [-0.2, 0) is 13.8 Å². The van der Waals surface area contributed by atoms with E-state index in [0.717, 1.165) is 31.4 Å². The number of ether oxygens (including phenoxy) is 1. The quantitative estimate of drug-likeness (QED) is 0.418. The highest BCUT2D eigenvalue weighted by Crippen LogP contribution is 2.26. The van der Waals surface area contributed by atoms with E-state index in [4.69, 9.17) is 27.0 Å². The van der Waals surface area contributed by atoms with E-state index < -0.39 is 25.7 Å². The van der Waals surface area contributed by atoms with Crippen molar-refractivity contribution < 1.29 is 22.3 Å². The maximum Gasteiger partial charge on any atom is 0.339 e. The lowest BCUT2D eigenvalue weighted by atomic mass is 10.2. The number of hydrogen-bond acceptors (Lipinski definition) is 4. The zero-order valence-electron chi connectivity index (χ0n) is 11.4. The minimum Gasteiger partial charge on any atom is -0.462 e. The van der Waals surface area contributed by atoms with E-state index in [2.05, 4.69) is 6.92 Å². The van der Waals surface area contributed by atoms with Gasteiger partial charge in [0.2, 0.25) is 0 Å². The van der Waals surface area contributed by atoms with Crippen molar-refractivity contribution in [3.8, 4) is 0 Å². The van der Waals surface area contributed by atoms with Crippen LogP contribution in [0.4, 0.5) is 4.39 Å². The van der Waals surface area contributed by atoms with Crippen LogP contribution in [0, 0.1) is 5.82 Å². The minimum absolute atomic E-state index is 0.190. The number of unbranched alkanes of at least 4 members (excludes halogenated alkanes) is 3. The van der Waals surface area contributed by atoms with Crippen LogP contribution in [0.15, 0.2) is 17.0 Å².